The highest BCUT2D eigenvalue weighted by Gasteiger charge is 2.39. The average Bonchev–Trinajstić information content (AvgIpc) is 2.64. The van der Waals surface area contributed by atoms with Gasteiger partial charge in [0.05, 0.1) is 4.92 Å². The molecule has 1 saturated heterocycles. The SMILES string of the molecule is CN1C(=O)C(Cc2cccnc2)NC(=O)C1Cc1ccccc1[N+](=O)[O-]. The summed E-state index contributed by atoms with van der Waals surface area (Å²) in [6.45, 7) is 0. The number of pyridine rings is 1. The minimum absolute atomic E-state index is 0.0568. The lowest BCUT2D eigenvalue weighted by molar-refractivity contribution is -0.385. The van der Waals surface area contributed by atoms with Crippen LogP contribution in [-0.2, 0) is 22.4 Å². The topological polar surface area (TPSA) is 105 Å². The molecule has 1 fully saturated rings. The molecule has 2 atom stereocenters. The fraction of sp³-hybridized carbons (Fsp3) is 0.278. The summed E-state index contributed by atoms with van der Waals surface area (Å²) in [5.74, 6) is -0.545. The largest absolute Gasteiger partial charge is 0.342 e. The van der Waals surface area contributed by atoms with E-state index >= 15 is 0 Å². The molecule has 2 unspecified atom stereocenters. The van der Waals surface area contributed by atoms with Gasteiger partial charge in [-0.3, -0.25) is 24.7 Å². The number of amides is 2. The first kappa shape index (κ1) is 17.5. The molecule has 2 aromatic rings. The number of hydrogen-bond acceptors (Lipinski definition) is 5. The lowest BCUT2D eigenvalue weighted by Gasteiger charge is -2.36. The van der Waals surface area contributed by atoms with Gasteiger partial charge in [0.2, 0.25) is 11.8 Å². The lowest BCUT2D eigenvalue weighted by Crippen LogP contribution is -2.63. The number of nitro groups is 1. The van der Waals surface area contributed by atoms with Crippen LogP contribution in [0, 0.1) is 10.1 Å². The van der Waals surface area contributed by atoms with E-state index in [9.17, 15) is 19.7 Å². The van der Waals surface area contributed by atoms with Crippen LogP contribution in [0.3, 0.4) is 0 Å². The third-order valence-electron chi connectivity index (χ3n) is 4.50. The van der Waals surface area contributed by atoms with Crippen LogP contribution in [0.5, 0.6) is 0 Å². The van der Waals surface area contributed by atoms with E-state index in [1.54, 1.807) is 43.7 Å². The molecule has 26 heavy (non-hydrogen) atoms. The zero-order valence-corrected chi connectivity index (χ0v) is 14.2. The summed E-state index contributed by atoms with van der Waals surface area (Å²) in [5.41, 5.74) is 1.21. The molecule has 8 nitrogen and oxygen atoms in total. The summed E-state index contributed by atoms with van der Waals surface area (Å²) >= 11 is 0. The van der Waals surface area contributed by atoms with Crippen LogP contribution in [0.1, 0.15) is 11.1 Å². The second-order valence-corrected chi connectivity index (χ2v) is 6.18. The van der Waals surface area contributed by atoms with Gasteiger partial charge in [-0.15, -0.1) is 0 Å². The molecule has 1 aliphatic rings. The van der Waals surface area contributed by atoms with E-state index in [1.165, 1.54) is 11.0 Å². The summed E-state index contributed by atoms with van der Waals surface area (Å²) in [4.78, 5) is 41.3. The Balaban J connectivity index is 1.77. The number of likely N-dealkylation sites (N-methyl/N-ethyl adjacent to an activating group) is 1. The number of piperazine rings is 1. The van der Waals surface area contributed by atoms with Crippen molar-refractivity contribution in [3.8, 4) is 0 Å². The van der Waals surface area contributed by atoms with Crippen LogP contribution in [0.4, 0.5) is 5.69 Å². The van der Waals surface area contributed by atoms with Crippen molar-refractivity contribution >= 4 is 17.5 Å². The van der Waals surface area contributed by atoms with Crippen molar-refractivity contribution in [2.45, 2.75) is 24.9 Å². The maximum Gasteiger partial charge on any atom is 0.272 e. The molecular weight excluding hydrogens is 336 g/mol. The van der Waals surface area contributed by atoms with Crippen LogP contribution in [-0.4, -0.2) is 45.8 Å². The zero-order chi connectivity index (χ0) is 18.7. The first-order valence-corrected chi connectivity index (χ1v) is 8.15. The maximum absolute atomic E-state index is 12.7. The van der Waals surface area contributed by atoms with Crippen molar-refractivity contribution in [3.63, 3.8) is 0 Å². The van der Waals surface area contributed by atoms with E-state index in [-0.39, 0.29) is 23.9 Å². The fourth-order valence-corrected chi connectivity index (χ4v) is 3.10. The summed E-state index contributed by atoms with van der Waals surface area (Å²) in [6, 6.07) is 8.40. The molecule has 0 saturated carbocycles. The Morgan fingerprint density at radius 3 is 2.65 bits per heavy atom. The second-order valence-electron chi connectivity index (χ2n) is 6.18. The summed E-state index contributed by atoms with van der Waals surface area (Å²) < 4.78 is 0. The number of hydrogen-bond donors (Lipinski definition) is 1. The van der Waals surface area contributed by atoms with Crippen LogP contribution in [0.25, 0.3) is 0 Å². The van der Waals surface area contributed by atoms with Gasteiger partial charge in [-0.25, -0.2) is 0 Å². The number of aromatic nitrogens is 1. The molecule has 1 aliphatic heterocycles. The number of nitrogens with one attached hydrogen (secondary N) is 1. The van der Waals surface area contributed by atoms with Gasteiger partial charge in [0.1, 0.15) is 12.1 Å². The molecule has 8 heteroatoms. The monoisotopic (exact) mass is 354 g/mol. The first-order valence-electron chi connectivity index (χ1n) is 8.15. The Morgan fingerprint density at radius 2 is 1.96 bits per heavy atom. The van der Waals surface area contributed by atoms with Gasteiger partial charge in [0.15, 0.2) is 0 Å². The van der Waals surface area contributed by atoms with E-state index in [4.69, 9.17) is 0 Å². The number of para-hydroxylation sites is 1. The average molecular weight is 354 g/mol. The molecule has 0 spiro atoms. The second kappa shape index (κ2) is 7.30. The molecule has 2 amide bonds. The molecule has 0 aliphatic carbocycles. The number of benzene rings is 1. The summed E-state index contributed by atoms with van der Waals surface area (Å²) in [5, 5.41) is 13.9. The highest BCUT2D eigenvalue weighted by molar-refractivity contribution is 5.97. The van der Waals surface area contributed by atoms with E-state index < -0.39 is 17.0 Å². The molecule has 0 bridgehead atoms. The van der Waals surface area contributed by atoms with E-state index in [2.05, 4.69) is 10.3 Å². The van der Waals surface area contributed by atoms with Crippen molar-refractivity contribution in [2.24, 2.45) is 0 Å². The third kappa shape index (κ3) is 3.53. The Labute approximate surface area is 150 Å². The van der Waals surface area contributed by atoms with Crippen LogP contribution >= 0.6 is 0 Å². The summed E-state index contributed by atoms with van der Waals surface area (Å²) in [7, 11) is 1.55. The predicted octanol–water partition coefficient (Wildman–Crippen LogP) is 1.10. The molecule has 1 aromatic carbocycles. The minimum Gasteiger partial charge on any atom is -0.342 e. The number of nitro benzene ring substituents is 1. The van der Waals surface area contributed by atoms with Crippen LogP contribution < -0.4 is 5.32 Å². The quantitative estimate of drug-likeness (QED) is 0.639. The number of rotatable bonds is 5. The first-order chi connectivity index (χ1) is 12.5. The Kier molecular flexibility index (Phi) is 4.92. The molecule has 134 valence electrons. The smallest absolute Gasteiger partial charge is 0.272 e. The van der Waals surface area contributed by atoms with E-state index in [1.807, 2.05) is 6.07 Å². The van der Waals surface area contributed by atoms with Gasteiger partial charge < -0.3 is 10.2 Å². The van der Waals surface area contributed by atoms with Gasteiger partial charge in [-0.2, -0.15) is 0 Å². The minimum atomic E-state index is -0.784. The van der Waals surface area contributed by atoms with Gasteiger partial charge >= 0.3 is 0 Å². The third-order valence-corrected chi connectivity index (χ3v) is 4.50. The van der Waals surface area contributed by atoms with Crippen LogP contribution in [0.2, 0.25) is 0 Å². The van der Waals surface area contributed by atoms with Crippen molar-refractivity contribution in [2.75, 3.05) is 7.05 Å². The predicted molar refractivity (Wildman–Crippen MR) is 93.2 cm³/mol. The van der Waals surface area contributed by atoms with E-state index in [0.29, 0.717) is 12.0 Å². The number of carbonyl (C=O) groups is 2. The molecule has 1 aromatic heterocycles. The van der Waals surface area contributed by atoms with Crippen molar-refractivity contribution in [1.82, 2.24) is 15.2 Å². The van der Waals surface area contributed by atoms with Crippen molar-refractivity contribution in [1.29, 1.82) is 0 Å². The normalized spacial score (nSPS) is 20.0. The zero-order valence-electron chi connectivity index (χ0n) is 14.2. The summed E-state index contributed by atoms with van der Waals surface area (Å²) in [6.07, 6.45) is 3.73. The van der Waals surface area contributed by atoms with E-state index in [0.717, 1.165) is 5.56 Å². The Bertz CT molecular complexity index is 840. The van der Waals surface area contributed by atoms with Crippen LogP contribution in [0.15, 0.2) is 48.8 Å². The molecular formula is C18H18N4O4. The highest BCUT2D eigenvalue weighted by atomic mass is 16.6. The van der Waals surface area contributed by atoms with Gasteiger partial charge in [-0.05, 0) is 11.6 Å². The van der Waals surface area contributed by atoms with Gasteiger partial charge in [0, 0.05) is 43.9 Å². The van der Waals surface area contributed by atoms with Crippen molar-refractivity contribution in [3.05, 3.63) is 70.0 Å². The highest BCUT2D eigenvalue weighted by Crippen LogP contribution is 2.22. The molecule has 0 radical (unpaired) electrons. The molecule has 1 N–H and O–H groups in total. The molecule has 3 rings (SSSR count). The standard InChI is InChI=1S/C18H18N4O4/c1-21-16(10-13-6-2-3-7-15(13)22(25)26)17(23)20-14(18(21)24)9-12-5-4-8-19-11-12/h2-8,11,14,16H,9-10H2,1H3,(H,20,23). The Morgan fingerprint density at radius 1 is 1.19 bits per heavy atom. The Hall–Kier alpha value is -3.29. The number of nitrogens with zero attached hydrogens (tertiary/aromatic N) is 3. The fourth-order valence-electron chi connectivity index (χ4n) is 3.10. The molecule has 2 heterocycles. The van der Waals surface area contributed by atoms with Gasteiger partial charge in [-0.1, -0.05) is 24.3 Å². The maximum atomic E-state index is 12.7. The lowest BCUT2D eigenvalue weighted by atomic mass is 9.97. The number of carbonyl (C=O) groups excluding carboxylic acids is 2. The van der Waals surface area contributed by atoms with Gasteiger partial charge in [0.25, 0.3) is 5.69 Å². The van der Waals surface area contributed by atoms with Crippen molar-refractivity contribution < 1.29 is 14.5 Å².